The summed E-state index contributed by atoms with van der Waals surface area (Å²) < 4.78 is 1.82. The smallest absolute Gasteiger partial charge is 0.216 e. The van der Waals surface area contributed by atoms with Crippen LogP contribution >= 0.6 is 23.6 Å². The first kappa shape index (κ1) is 8.33. The van der Waals surface area contributed by atoms with E-state index in [1.54, 1.807) is 5.51 Å². The van der Waals surface area contributed by atoms with Gasteiger partial charge in [-0.05, 0) is 12.1 Å². The van der Waals surface area contributed by atoms with E-state index in [4.69, 9.17) is 18.0 Å². The highest BCUT2D eigenvalue weighted by Crippen LogP contribution is 2.13. The summed E-state index contributed by atoms with van der Waals surface area (Å²) in [5, 5.41) is 8.43. The Hall–Kier alpha value is -1.27. The van der Waals surface area contributed by atoms with Crippen molar-refractivity contribution in [1.82, 2.24) is 14.8 Å². The Morgan fingerprint density at radius 2 is 2.46 bits per heavy atom. The van der Waals surface area contributed by atoms with E-state index in [1.807, 2.05) is 22.9 Å². The minimum absolute atomic E-state index is 0.361. The fourth-order valence-electron chi connectivity index (χ4n) is 1.02. The SMILES string of the molecule is NC(=S)c1cccn1-c1nncs1. The van der Waals surface area contributed by atoms with Crippen molar-refractivity contribution in [3.05, 3.63) is 29.5 Å². The number of nitrogens with two attached hydrogens (primary N) is 1. The van der Waals surface area contributed by atoms with Crippen LogP contribution in [-0.2, 0) is 0 Å². The summed E-state index contributed by atoms with van der Waals surface area (Å²) in [5.41, 5.74) is 7.98. The fraction of sp³-hybridized carbons (Fsp3) is 0. The van der Waals surface area contributed by atoms with Crippen LogP contribution in [-0.4, -0.2) is 19.8 Å². The molecule has 0 radical (unpaired) electrons. The predicted molar refractivity (Wildman–Crippen MR) is 55.1 cm³/mol. The summed E-state index contributed by atoms with van der Waals surface area (Å²) in [4.78, 5) is 0.361. The molecule has 0 aromatic carbocycles. The van der Waals surface area contributed by atoms with Crippen molar-refractivity contribution in [1.29, 1.82) is 0 Å². The van der Waals surface area contributed by atoms with Crippen molar-refractivity contribution in [2.24, 2.45) is 5.73 Å². The maximum Gasteiger partial charge on any atom is 0.216 e. The van der Waals surface area contributed by atoms with E-state index >= 15 is 0 Å². The average Bonchev–Trinajstić information content (AvgIpc) is 2.74. The van der Waals surface area contributed by atoms with Gasteiger partial charge in [0.1, 0.15) is 10.5 Å². The molecule has 0 aliphatic carbocycles. The largest absolute Gasteiger partial charge is 0.388 e. The Labute approximate surface area is 84.0 Å². The van der Waals surface area contributed by atoms with Gasteiger partial charge in [0.2, 0.25) is 5.13 Å². The van der Waals surface area contributed by atoms with Crippen LogP contribution in [0.1, 0.15) is 5.69 Å². The predicted octanol–water partition coefficient (Wildman–Crippen LogP) is 0.963. The number of hydrogen-bond acceptors (Lipinski definition) is 4. The van der Waals surface area contributed by atoms with E-state index in [2.05, 4.69) is 10.2 Å². The Morgan fingerprint density at radius 1 is 1.62 bits per heavy atom. The van der Waals surface area contributed by atoms with Gasteiger partial charge in [-0.1, -0.05) is 23.6 Å². The van der Waals surface area contributed by atoms with Gasteiger partial charge in [0, 0.05) is 6.20 Å². The summed E-state index contributed by atoms with van der Waals surface area (Å²) in [6.45, 7) is 0. The minimum atomic E-state index is 0.361. The standard InChI is InChI=1S/C7H6N4S2/c8-6(12)5-2-1-3-11(5)7-10-9-4-13-7/h1-4H,(H2,8,12). The second-order valence-corrected chi connectivity index (χ2v) is 3.60. The molecule has 0 aliphatic rings. The summed E-state index contributed by atoms with van der Waals surface area (Å²) >= 11 is 6.33. The molecule has 2 aromatic heterocycles. The molecule has 0 fully saturated rings. The number of thiocarbonyl (C=S) groups is 1. The first-order valence-electron chi connectivity index (χ1n) is 3.53. The second kappa shape index (κ2) is 3.23. The summed E-state index contributed by atoms with van der Waals surface area (Å²) in [6.07, 6.45) is 1.86. The summed E-state index contributed by atoms with van der Waals surface area (Å²) in [7, 11) is 0. The molecule has 6 heteroatoms. The van der Waals surface area contributed by atoms with Gasteiger partial charge >= 0.3 is 0 Å². The van der Waals surface area contributed by atoms with Crippen LogP contribution < -0.4 is 5.73 Å². The molecule has 2 heterocycles. The molecule has 0 atom stereocenters. The lowest BCUT2D eigenvalue weighted by Crippen LogP contribution is -2.14. The Morgan fingerprint density at radius 3 is 3.08 bits per heavy atom. The van der Waals surface area contributed by atoms with Crippen molar-refractivity contribution in [2.75, 3.05) is 0 Å². The fourth-order valence-corrected chi connectivity index (χ4v) is 1.74. The molecule has 13 heavy (non-hydrogen) atoms. The third-order valence-electron chi connectivity index (χ3n) is 1.56. The van der Waals surface area contributed by atoms with E-state index in [-0.39, 0.29) is 0 Å². The van der Waals surface area contributed by atoms with Crippen LogP contribution in [0.4, 0.5) is 0 Å². The quantitative estimate of drug-likeness (QED) is 0.750. The molecule has 0 spiro atoms. The van der Waals surface area contributed by atoms with Gasteiger partial charge in [-0.25, -0.2) is 0 Å². The van der Waals surface area contributed by atoms with E-state index < -0.39 is 0 Å². The van der Waals surface area contributed by atoms with Crippen LogP contribution in [0.15, 0.2) is 23.8 Å². The molecule has 66 valence electrons. The van der Waals surface area contributed by atoms with Crippen LogP contribution in [0.5, 0.6) is 0 Å². The van der Waals surface area contributed by atoms with Crippen molar-refractivity contribution in [2.45, 2.75) is 0 Å². The van der Waals surface area contributed by atoms with Crippen molar-refractivity contribution in [3.8, 4) is 5.13 Å². The zero-order chi connectivity index (χ0) is 9.26. The van der Waals surface area contributed by atoms with E-state index in [0.29, 0.717) is 4.99 Å². The van der Waals surface area contributed by atoms with Crippen LogP contribution in [0.2, 0.25) is 0 Å². The third kappa shape index (κ3) is 1.45. The molecule has 0 saturated heterocycles. The molecule has 4 nitrogen and oxygen atoms in total. The topological polar surface area (TPSA) is 56.7 Å². The molecule has 2 aromatic rings. The zero-order valence-electron chi connectivity index (χ0n) is 6.54. The van der Waals surface area contributed by atoms with Crippen molar-refractivity contribution < 1.29 is 0 Å². The number of nitrogens with zero attached hydrogens (tertiary/aromatic N) is 3. The lowest BCUT2D eigenvalue weighted by molar-refractivity contribution is 0.966. The number of aromatic nitrogens is 3. The number of rotatable bonds is 2. The molecule has 0 aliphatic heterocycles. The van der Waals surface area contributed by atoms with Gasteiger partial charge in [0.15, 0.2) is 0 Å². The highest BCUT2D eigenvalue weighted by molar-refractivity contribution is 7.80. The van der Waals surface area contributed by atoms with Crippen LogP contribution in [0, 0.1) is 0 Å². The first-order chi connectivity index (χ1) is 6.29. The zero-order valence-corrected chi connectivity index (χ0v) is 8.18. The van der Waals surface area contributed by atoms with E-state index in [0.717, 1.165) is 10.8 Å². The third-order valence-corrected chi connectivity index (χ3v) is 2.45. The monoisotopic (exact) mass is 210 g/mol. The van der Waals surface area contributed by atoms with Gasteiger partial charge in [-0.2, -0.15) is 0 Å². The van der Waals surface area contributed by atoms with E-state index in [9.17, 15) is 0 Å². The highest BCUT2D eigenvalue weighted by Gasteiger charge is 2.07. The first-order valence-corrected chi connectivity index (χ1v) is 4.81. The normalized spacial score (nSPS) is 10.2. The van der Waals surface area contributed by atoms with Crippen molar-refractivity contribution >= 4 is 28.5 Å². The highest BCUT2D eigenvalue weighted by atomic mass is 32.1. The molecule has 0 unspecified atom stereocenters. The average molecular weight is 210 g/mol. The van der Waals surface area contributed by atoms with Gasteiger partial charge < -0.3 is 5.73 Å². The Bertz CT molecular complexity index is 417. The summed E-state index contributed by atoms with van der Waals surface area (Å²) in [6, 6.07) is 3.72. The molecule has 0 saturated carbocycles. The molecule has 2 N–H and O–H groups in total. The van der Waals surface area contributed by atoms with Gasteiger partial charge in [0.05, 0.1) is 5.69 Å². The lowest BCUT2D eigenvalue weighted by atomic mass is 10.4. The van der Waals surface area contributed by atoms with Crippen LogP contribution in [0.25, 0.3) is 5.13 Å². The van der Waals surface area contributed by atoms with E-state index in [1.165, 1.54) is 11.3 Å². The van der Waals surface area contributed by atoms with Gasteiger partial charge in [0.25, 0.3) is 0 Å². The van der Waals surface area contributed by atoms with Gasteiger partial charge in [-0.3, -0.25) is 4.57 Å². The Balaban J connectivity index is 2.52. The second-order valence-electron chi connectivity index (χ2n) is 2.35. The Kier molecular flexibility index (Phi) is 2.07. The lowest BCUT2D eigenvalue weighted by Gasteiger charge is -2.01. The molecule has 2 rings (SSSR count). The van der Waals surface area contributed by atoms with Gasteiger partial charge in [-0.15, -0.1) is 10.2 Å². The summed E-state index contributed by atoms with van der Waals surface area (Å²) in [5.74, 6) is 0. The maximum atomic E-state index is 5.53. The number of hydrogen-bond donors (Lipinski definition) is 1. The molecule has 0 bridgehead atoms. The van der Waals surface area contributed by atoms with Crippen LogP contribution in [0.3, 0.4) is 0 Å². The molecular weight excluding hydrogens is 204 g/mol. The van der Waals surface area contributed by atoms with Crippen molar-refractivity contribution in [3.63, 3.8) is 0 Å². The molecule has 0 amide bonds. The molecular formula is C7H6N4S2. The minimum Gasteiger partial charge on any atom is -0.388 e. The maximum absolute atomic E-state index is 5.53.